The van der Waals surface area contributed by atoms with Crippen LogP contribution in [0.1, 0.15) is 13.3 Å². The van der Waals surface area contributed by atoms with Gasteiger partial charge in [-0.05, 0) is 6.42 Å². The van der Waals surface area contributed by atoms with Crippen LogP contribution < -0.4 is 11.1 Å². The normalized spacial score (nSPS) is 12.2. The lowest BCUT2D eigenvalue weighted by atomic mass is 10.2. The lowest BCUT2D eigenvalue weighted by molar-refractivity contribution is -0.117. The second-order valence-corrected chi connectivity index (χ2v) is 2.59. The van der Waals surface area contributed by atoms with Gasteiger partial charge in [-0.1, -0.05) is 6.92 Å². The Kier molecular flexibility index (Phi) is 3.33. The van der Waals surface area contributed by atoms with Crippen LogP contribution in [0, 0.1) is 0 Å². The van der Waals surface area contributed by atoms with E-state index in [9.17, 15) is 4.79 Å². The van der Waals surface area contributed by atoms with E-state index in [4.69, 9.17) is 5.73 Å². The molecule has 13 heavy (non-hydrogen) atoms. The summed E-state index contributed by atoms with van der Waals surface area (Å²) in [6, 6.07) is -0.484. The number of nitrogens with one attached hydrogen (secondary N) is 1. The third-order valence-corrected chi connectivity index (χ3v) is 1.59. The van der Waals surface area contributed by atoms with Crippen LogP contribution in [0.2, 0.25) is 0 Å². The van der Waals surface area contributed by atoms with Crippen molar-refractivity contribution >= 4 is 11.7 Å². The number of hydrogen-bond acceptors (Lipinski definition) is 4. The number of carbonyl (C=O) groups is 1. The maximum atomic E-state index is 11.2. The van der Waals surface area contributed by atoms with E-state index < -0.39 is 6.04 Å². The molecular formula is C8H12N4O. The highest BCUT2D eigenvalue weighted by atomic mass is 16.2. The SMILES string of the molecule is CC[C@@H](N)C(=O)Nc1cnccn1. The average molecular weight is 180 g/mol. The summed E-state index contributed by atoms with van der Waals surface area (Å²) < 4.78 is 0. The molecular weight excluding hydrogens is 168 g/mol. The number of nitrogens with two attached hydrogens (primary N) is 1. The van der Waals surface area contributed by atoms with Crippen LogP contribution in [0.5, 0.6) is 0 Å². The summed E-state index contributed by atoms with van der Waals surface area (Å²) in [5.41, 5.74) is 5.50. The molecule has 0 bridgehead atoms. The van der Waals surface area contributed by atoms with Crippen molar-refractivity contribution in [2.45, 2.75) is 19.4 Å². The first kappa shape index (κ1) is 9.60. The maximum Gasteiger partial charge on any atom is 0.242 e. The van der Waals surface area contributed by atoms with Crippen LogP contribution >= 0.6 is 0 Å². The monoisotopic (exact) mass is 180 g/mol. The molecule has 0 aromatic carbocycles. The predicted octanol–water partition coefficient (Wildman–Crippen LogP) is 0.152. The topological polar surface area (TPSA) is 80.9 Å². The Morgan fingerprint density at radius 3 is 3.00 bits per heavy atom. The van der Waals surface area contributed by atoms with E-state index in [0.29, 0.717) is 12.2 Å². The van der Waals surface area contributed by atoms with Gasteiger partial charge in [-0.15, -0.1) is 0 Å². The van der Waals surface area contributed by atoms with Crippen molar-refractivity contribution in [2.75, 3.05) is 5.32 Å². The van der Waals surface area contributed by atoms with E-state index in [-0.39, 0.29) is 5.91 Å². The zero-order valence-electron chi connectivity index (χ0n) is 7.40. The standard InChI is InChI=1S/C8H12N4O/c1-2-6(9)8(13)12-7-5-10-3-4-11-7/h3-6H,2,9H2,1H3,(H,11,12,13)/t6-/m1/s1. The largest absolute Gasteiger partial charge is 0.320 e. The molecule has 0 radical (unpaired) electrons. The molecule has 0 aliphatic heterocycles. The molecule has 0 saturated heterocycles. The van der Waals surface area contributed by atoms with Gasteiger partial charge in [-0.25, -0.2) is 4.98 Å². The molecule has 1 amide bonds. The van der Waals surface area contributed by atoms with E-state index >= 15 is 0 Å². The first-order chi connectivity index (χ1) is 6.24. The van der Waals surface area contributed by atoms with Gasteiger partial charge >= 0.3 is 0 Å². The number of rotatable bonds is 3. The molecule has 70 valence electrons. The van der Waals surface area contributed by atoms with E-state index in [1.54, 1.807) is 0 Å². The van der Waals surface area contributed by atoms with Gasteiger partial charge in [-0.3, -0.25) is 9.78 Å². The van der Waals surface area contributed by atoms with Crippen LogP contribution in [0.4, 0.5) is 5.82 Å². The Bertz CT molecular complexity index is 275. The van der Waals surface area contributed by atoms with Crippen molar-refractivity contribution in [2.24, 2.45) is 5.73 Å². The molecule has 5 nitrogen and oxygen atoms in total. The van der Waals surface area contributed by atoms with Gasteiger partial charge in [0, 0.05) is 12.4 Å². The van der Waals surface area contributed by atoms with Gasteiger partial charge < -0.3 is 11.1 Å². The van der Waals surface area contributed by atoms with Crippen LogP contribution in [-0.4, -0.2) is 21.9 Å². The van der Waals surface area contributed by atoms with Gasteiger partial charge in [0.1, 0.15) is 0 Å². The first-order valence-corrected chi connectivity index (χ1v) is 4.06. The minimum Gasteiger partial charge on any atom is -0.320 e. The quantitative estimate of drug-likeness (QED) is 0.694. The molecule has 3 N–H and O–H groups in total. The fourth-order valence-corrected chi connectivity index (χ4v) is 0.768. The summed E-state index contributed by atoms with van der Waals surface area (Å²) in [4.78, 5) is 18.9. The van der Waals surface area contributed by atoms with E-state index in [2.05, 4.69) is 15.3 Å². The first-order valence-electron chi connectivity index (χ1n) is 4.06. The molecule has 0 spiro atoms. The predicted molar refractivity (Wildman–Crippen MR) is 48.9 cm³/mol. The molecule has 1 aromatic heterocycles. The van der Waals surface area contributed by atoms with Crippen molar-refractivity contribution in [3.05, 3.63) is 18.6 Å². The average Bonchev–Trinajstić information content (AvgIpc) is 2.18. The molecule has 1 heterocycles. The van der Waals surface area contributed by atoms with Crippen molar-refractivity contribution in [3.63, 3.8) is 0 Å². The molecule has 5 heteroatoms. The summed E-state index contributed by atoms with van der Waals surface area (Å²) in [6.45, 7) is 1.85. The van der Waals surface area contributed by atoms with Gasteiger partial charge in [0.05, 0.1) is 12.2 Å². The van der Waals surface area contributed by atoms with Gasteiger partial charge in [0.15, 0.2) is 5.82 Å². The Morgan fingerprint density at radius 2 is 2.46 bits per heavy atom. The number of carbonyl (C=O) groups excluding carboxylic acids is 1. The zero-order chi connectivity index (χ0) is 9.68. The lowest BCUT2D eigenvalue weighted by Gasteiger charge is -2.08. The number of amides is 1. The smallest absolute Gasteiger partial charge is 0.242 e. The minimum absolute atomic E-state index is 0.233. The van der Waals surface area contributed by atoms with Crippen LogP contribution in [0.3, 0.4) is 0 Å². The third kappa shape index (κ3) is 2.79. The number of anilines is 1. The second-order valence-electron chi connectivity index (χ2n) is 2.59. The molecule has 1 rings (SSSR count). The van der Waals surface area contributed by atoms with Gasteiger partial charge in [-0.2, -0.15) is 0 Å². The molecule has 0 aliphatic carbocycles. The molecule has 0 fully saturated rings. The lowest BCUT2D eigenvalue weighted by Crippen LogP contribution is -2.35. The fraction of sp³-hybridized carbons (Fsp3) is 0.375. The van der Waals surface area contributed by atoms with E-state index in [1.807, 2.05) is 6.92 Å². The molecule has 1 aromatic rings. The number of nitrogens with zero attached hydrogens (tertiary/aromatic N) is 2. The second kappa shape index (κ2) is 4.51. The van der Waals surface area contributed by atoms with Crippen molar-refractivity contribution < 1.29 is 4.79 Å². The Balaban J connectivity index is 2.55. The number of aromatic nitrogens is 2. The van der Waals surface area contributed by atoms with Crippen LogP contribution in [-0.2, 0) is 4.79 Å². The summed E-state index contributed by atoms with van der Waals surface area (Å²) in [5.74, 6) is 0.194. The minimum atomic E-state index is -0.484. The highest BCUT2D eigenvalue weighted by molar-refractivity contribution is 5.93. The summed E-state index contributed by atoms with van der Waals surface area (Å²) in [5, 5.41) is 2.56. The number of hydrogen-bond donors (Lipinski definition) is 2. The summed E-state index contributed by atoms with van der Waals surface area (Å²) in [7, 11) is 0. The van der Waals surface area contributed by atoms with Crippen molar-refractivity contribution in [1.29, 1.82) is 0 Å². The molecule has 0 aliphatic rings. The zero-order valence-corrected chi connectivity index (χ0v) is 7.40. The third-order valence-electron chi connectivity index (χ3n) is 1.59. The molecule has 0 saturated carbocycles. The summed E-state index contributed by atoms with van der Waals surface area (Å²) >= 11 is 0. The molecule has 0 unspecified atom stereocenters. The highest BCUT2D eigenvalue weighted by Crippen LogP contribution is 1.98. The maximum absolute atomic E-state index is 11.2. The fourth-order valence-electron chi connectivity index (χ4n) is 0.768. The van der Waals surface area contributed by atoms with Crippen molar-refractivity contribution in [3.8, 4) is 0 Å². The van der Waals surface area contributed by atoms with Gasteiger partial charge in [0.2, 0.25) is 5.91 Å². The Hall–Kier alpha value is -1.49. The Labute approximate surface area is 76.4 Å². The van der Waals surface area contributed by atoms with E-state index in [1.165, 1.54) is 18.6 Å². The van der Waals surface area contributed by atoms with Crippen LogP contribution in [0.15, 0.2) is 18.6 Å². The Morgan fingerprint density at radius 1 is 1.69 bits per heavy atom. The van der Waals surface area contributed by atoms with E-state index in [0.717, 1.165) is 0 Å². The van der Waals surface area contributed by atoms with Crippen molar-refractivity contribution in [1.82, 2.24) is 9.97 Å². The highest BCUT2D eigenvalue weighted by Gasteiger charge is 2.10. The van der Waals surface area contributed by atoms with Gasteiger partial charge in [0.25, 0.3) is 0 Å². The van der Waals surface area contributed by atoms with Crippen LogP contribution in [0.25, 0.3) is 0 Å². The molecule has 1 atom stereocenters. The summed E-state index contributed by atoms with van der Waals surface area (Å²) in [6.07, 6.45) is 5.12.